The van der Waals surface area contributed by atoms with Gasteiger partial charge < -0.3 is 4.57 Å². The monoisotopic (exact) mass is 524 g/mol. The summed E-state index contributed by atoms with van der Waals surface area (Å²) in [6, 6.07) is 36.5. The van der Waals surface area contributed by atoms with Crippen molar-refractivity contribution < 1.29 is 4.79 Å². The van der Waals surface area contributed by atoms with E-state index < -0.39 is 0 Å². The van der Waals surface area contributed by atoms with Gasteiger partial charge in [0.2, 0.25) is 0 Å². The van der Waals surface area contributed by atoms with Gasteiger partial charge in [-0.1, -0.05) is 118 Å². The van der Waals surface area contributed by atoms with Crippen LogP contribution in [0.5, 0.6) is 0 Å². The van der Waals surface area contributed by atoms with E-state index in [1.54, 1.807) is 12.1 Å². The first-order valence-electron chi connectivity index (χ1n) is 10.9. The van der Waals surface area contributed by atoms with Crippen LogP contribution in [0.1, 0.15) is 10.4 Å². The van der Waals surface area contributed by atoms with E-state index in [-0.39, 0.29) is 5.91 Å². The average Bonchev–Trinajstić information content (AvgIpc) is 3.21. The summed E-state index contributed by atoms with van der Waals surface area (Å²) in [5.41, 5.74) is 6.12. The highest BCUT2D eigenvalue weighted by Gasteiger charge is 2.16. The summed E-state index contributed by atoms with van der Waals surface area (Å²) in [7, 11) is 1.97. The second-order valence-electron chi connectivity index (χ2n) is 7.86. The molecule has 0 N–H and O–H groups in total. The summed E-state index contributed by atoms with van der Waals surface area (Å²) < 4.78 is 2.87. The van der Waals surface area contributed by atoms with E-state index in [9.17, 15) is 4.79 Å². The number of carbonyl (C=O) groups excluding carboxylic acids is 1. The number of carbonyl (C=O) groups is 1. The number of rotatable bonds is 4. The fourth-order valence-corrected chi connectivity index (χ4v) is 5.43. The molecule has 34 heavy (non-hydrogen) atoms. The Hall–Kier alpha value is -3.54. The van der Waals surface area contributed by atoms with E-state index in [4.69, 9.17) is 0 Å². The summed E-state index contributed by atoms with van der Waals surface area (Å²) in [5.74, 6) is -0.260. The summed E-state index contributed by atoms with van der Waals surface area (Å²) >= 11 is 4.96. The molecule has 5 aromatic rings. The highest BCUT2D eigenvalue weighted by Crippen LogP contribution is 2.35. The molecule has 5 heteroatoms. The van der Waals surface area contributed by atoms with Crippen LogP contribution < -0.4 is 4.80 Å². The second kappa shape index (κ2) is 9.75. The maximum Gasteiger partial charge on any atom is 0.279 e. The van der Waals surface area contributed by atoms with Gasteiger partial charge in [-0.15, -0.1) is 0 Å². The molecule has 0 saturated heterocycles. The molecule has 0 bridgehead atoms. The van der Waals surface area contributed by atoms with Gasteiger partial charge in [0, 0.05) is 17.1 Å². The minimum atomic E-state index is -0.260. The molecule has 0 aliphatic heterocycles. The minimum absolute atomic E-state index is 0.260. The topological polar surface area (TPSA) is 34.4 Å². The molecule has 4 aromatic carbocycles. The summed E-state index contributed by atoms with van der Waals surface area (Å²) in [6.07, 6.45) is 0. The Morgan fingerprint density at radius 2 is 1.32 bits per heavy atom. The van der Waals surface area contributed by atoms with Crippen molar-refractivity contribution in [1.29, 1.82) is 0 Å². The summed E-state index contributed by atoms with van der Waals surface area (Å²) in [4.78, 5) is 19.1. The predicted molar refractivity (Wildman–Crippen MR) is 144 cm³/mol. The van der Waals surface area contributed by atoms with Crippen molar-refractivity contribution in [2.75, 3.05) is 0 Å². The smallest absolute Gasteiger partial charge is 0.279 e. The third-order valence-corrected chi connectivity index (χ3v) is 7.28. The van der Waals surface area contributed by atoms with Crippen LogP contribution in [0.4, 0.5) is 0 Å². The van der Waals surface area contributed by atoms with Crippen molar-refractivity contribution in [3.63, 3.8) is 0 Å². The van der Waals surface area contributed by atoms with E-state index in [1.165, 1.54) is 22.5 Å². The largest absolute Gasteiger partial charge is 0.319 e. The molecule has 1 amide bonds. The van der Waals surface area contributed by atoms with Crippen LogP contribution in [0.25, 0.3) is 32.8 Å². The van der Waals surface area contributed by atoms with E-state index in [2.05, 4.69) is 69.5 Å². The van der Waals surface area contributed by atoms with E-state index in [0.29, 0.717) is 10.4 Å². The fourth-order valence-electron chi connectivity index (χ4n) is 3.89. The Labute approximate surface area is 210 Å². The van der Waals surface area contributed by atoms with Crippen LogP contribution in [-0.2, 0) is 7.05 Å². The number of hydrogen-bond acceptors (Lipinski definition) is 2. The molecule has 1 heterocycles. The van der Waals surface area contributed by atoms with Gasteiger partial charge in [0.25, 0.3) is 5.91 Å². The summed E-state index contributed by atoms with van der Waals surface area (Å²) in [6.45, 7) is 0. The molecule has 166 valence electrons. The van der Waals surface area contributed by atoms with Crippen molar-refractivity contribution in [3.05, 3.63) is 124 Å². The number of benzene rings is 4. The lowest BCUT2D eigenvalue weighted by Crippen LogP contribution is -2.14. The lowest BCUT2D eigenvalue weighted by molar-refractivity contribution is 0.0998. The van der Waals surface area contributed by atoms with Crippen molar-refractivity contribution in [2.45, 2.75) is 0 Å². The van der Waals surface area contributed by atoms with Crippen LogP contribution in [0.3, 0.4) is 0 Å². The molecular formula is C29H21BrN2OS. The molecule has 0 atom stereocenters. The number of aromatic nitrogens is 1. The average molecular weight is 525 g/mol. The lowest BCUT2D eigenvalue weighted by Gasteiger charge is -2.09. The van der Waals surface area contributed by atoms with Gasteiger partial charge in [-0.3, -0.25) is 4.79 Å². The zero-order chi connectivity index (χ0) is 23.5. The van der Waals surface area contributed by atoms with Crippen molar-refractivity contribution >= 4 is 33.2 Å². The predicted octanol–water partition coefficient (Wildman–Crippen LogP) is 7.59. The Bertz CT molecular complexity index is 1520. The Morgan fingerprint density at radius 1 is 0.735 bits per heavy atom. The molecule has 5 rings (SSSR count). The first kappa shape index (κ1) is 22.3. The molecule has 0 saturated carbocycles. The molecule has 0 fully saturated rings. The normalized spacial score (nSPS) is 11.5. The van der Waals surface area contributed by atoms with Gasteiger partial charge in [0.1, 0.15) is 0 Å². The van der Waals surface area contributed by atoms with Gasteiger partial charge >= 0.3 is 0 Å². The number of hydrogen-bond donors (Lipinski definition) is 0. The van der Waals surface area contributed by atoms with Gasteiger partial charge in [-0.25, -0.2) is 0 Å². The quantitative estimate of drug-likeness (QED) is 0.238. The van der Waals surface area contributed by atoms with Crippen LogP contribution in [-0.4, -0.2) is 10.5 Å². The first-order valence-corrected chi connectivity index (χ1v) is 12.5. The standard InChI is InChI=1S/C29H21BrN2OS/c1-32-26(22-17-15-21(16-18-22)20-9-4-2-5-10-20)27(23-11-6-3-7-12-23)34-29(32)31-28(33)24-13-8-14-25(30)19-24/h2-19H,1H3. The molecular weight excluding hydrogens is 504 g/mol. The van der Waals surface area contributed by atoms with E-state index in [1.807, 2.05) is 60.1 Å². The summed E-state index contributed by atoms with van der Waals surface area (Å²) in [5, 5.41) is 0. The van der Waals surface area contributed by atoms with Crippen molar-refractivity contribution in [1.82, 2.24) is 4.57 Å². The van der Waals surface area contributed by atoms with Gasteiger partial charge in [-0.2, -0.15) is 4.99 Å². The second-order valence-corrected chi connectivity index (χ2v) is 9.75. The third kappa shape index (κ3) is 4.58. The SMILES string of the molecule is Cn1c(-c2ccc(-c3ccccc3)cc2)c(-c2ccccc2)sc1=NC(=O)c1cccc(Br)c1. The third-order valence-electron chi connectivity index (χ3n) is 5.60. The van der Waals surface area contributed by atoms with Crippen molar-refractivity contribution in [3.8, 4) is 32.8 Å². The molecule has 0 aliphatic carbocycles. The molecule has 0 unspecified atom stereocenters. The van der Waals surface area contributed by atoms with E-state index >= 15 is 0 Å². The number of thiazole rings is 1. The Balaban J connectivity index is 1.63. The maximum absolute atomic E-state index is 12.9. The fraction of sp³-hybridized carbons (Fsp3) is 0.0345. The maximum atomic E-state index is 12.9. The number of halogens is 1. The zero-order valence-corrected chi connectivity index (χ0v) is 20.9. The van der Waals surface area contributed by atoms with Crippen molar-refractivity contribution in [2.24, 2.45) is 12.0 Å². The molecule has 0 aliphatic rings. The zero-order valence-electron chi connectivity index (χ0n) is 18.5. The molecule has 0 radical (unpaired) electrons. The van der Waals surface area contributed by atoms with Gasteiger partial charge in [-0.05, 0) is 40.5 Å². The van der Waals surface area contributed by atoms with Gasteiger partial charge in [0.15, 0.2) is 4.80 Å². The van der Waals surface area contributed by atoms with E-state index in [0.717, 1.165) is 26.2 Å². The van der Waals surface area contributed by atoms with Crippen LogP contribution >= 0.6 is 27.3 Å². The molecule has 0 spiro atoms. The minimum Gasteiger partial charge on any atom is -0.319 e. The lowest BCUT2D eigenvalue weighted by atomic mass is 10.0. The van der Waals surface area contributed by atoms with Gasteiger partial charge in [0.05, 0.1) is 10.6 Å². The number of nitrogens with zero attached hydrogens (tertiary/aromatic N) is 2. The first-order chi connectivity index (χ1) is 16.6. The Kier molecular flexibility index (Phi) is 6.39. The van der Waals surface area contributed by atoms with Crippen LogP contribution in [0, 0.1) is 0 Å². The molecule has 3 nitrogen and oxygen atoms in total. The Morgan fingerprint density at radius 3 is 1.97 bits per heavy atom. The molecule has 1 aromatic heterocycles. The highest BCUT2D eigenvalue weighted by atomic mass is 79.9. The number of amides is 1. The van der Waals surface area contributed by atoms with Crippen LogP contribution in [0.15, 0.2) is 119 Å². The highest BCUT2D eigenvalue weighted by molar-refractivity contribution is 9.10. The van der Waals surface area contributed by atoms with Crippen LogP contribution in [0.2, 0.25) is 0 Å².